The fourth-order valence-electron chi connectivity index (χ4n) is 3.01. The molecule has 0 bridgehead atoms. The summed E-state index contributed by atoms with van der Waals surface area (Å²) in [6, 6.07) is 13.9. The molecule has 3 rings (SSSR count). The van der Waals surface area contributed by atoms with Gasteiger partial charge < -0.3 is 0 Å². The van der Waals surface area contributed by atoms with Crippen LogP contribution in [-0.2, 0) is 16.4 Å². The topological polar surface area (TPSA) is 96.3 Å². The van der Waals surface area contributed by atoms with Gasteiger partial charge in [0, 0.05) is 18.5 Å². The number of H-pyrrole nitrogens is 1. The number of benzene rings is 2. The molecule has 3 aromatic rings. The summed E-state index contributed by atoms with van der Waals surface area (Å²) < 4.78 is 28.0. The molecular formula is C21H24N4O3S. The average Bonchev–Trinajstić information content (AvgIpc) is 3.00. The number of nitrogens with one attached hydrogen (secondary N) is 2. The molecule has 1 aromatic heterocycles. The Hall–Kier alpha value is -2.97. The number of sulfonamides is 1. The van der Waals surface area contributed by atoms with Gasteiger partial charge in [0.25, 0.3) is 5.56 Å². The molecule has 0 radical (unpaired) electrons. The Labute approximate surface area is 170 Å². The number of aryl methyl sites for hydroxylation is 2. The Morgan fingerprint density at radius 3 is 2.45 bits per heavy atom. The lowest BCUT2D eigenvalue weighted by molar-refractivity contribution is 0.584. The Bertz CT molecular complexity index is 1190. The monoisotopic (exact) mass is 412 g/mol. The molecule has 0 atom stereocenters. The van der Waals surface area contributed by atoms with Crippen molar-refractivity contribution in [2.24, 2.45) is 4.99 Å². The minimum absolute atomic E-state index is 0.150. The van der Waals surface area contributed by atoms with E-state index in [9.17, 15) is 13.2 Å². The first-order chi connectivity index (χ1) is 13.9. The van der Waals surface area contributed by atoms with Crippen LogP contribution in [0.5, 0.6) is 0 Å². The van der Waals surface area contributed by atoms with Crippen LogP contribution in [0.2, 0.25) is 0 Å². The first-order valence-corrected chi connectivity index (χ1v) is 10.9. The molecule has 2 N–H and O–H groups in total. The summed E-state index contributed by atoms with van der Waals surface area (Å²) >= 11 is 0. The van der Waals surface area contributed by atoms with Crippen LogP contribution in [0.3, 0.4) is 0 Å². The molecule has 2 aromatic carbocycles. The third-order valence-corrected chi connectivity index (χ3v) is 6.12. The molecule has 0 aliphatic heterocycles. The third-order valence-electron chi connectivity index (χ3n) is 4.56. The summed E-state index contributed by atoms with van der Waals surface area (Å²) in [5, 5.41) is 3.03. The predicted molar refractivity (Wildman–Crippen MR) is 115 cm³/mol. The van der Waals surface area contributed by atoms with Gasteiger partial charge in [0.15, 0.2) is 0 Å². The SMILES string of the molecule is CCNS(=O)(=O)c1ccc(-n2[nH]c(C)c(C=Nc3ccccc3CC)c2=O)cc1. The number of rotatable bonds is 7. The largest absolute Gasteiger partial charge is 0.295 e. The summed E-state index contributed by atoms with van der Waals surface area (Å²) in [5.41, 5.74) is 3.37. The fraction of sp³-hybridized carbons (Fsp3) is 0.238. The van der Waals surface area contributed by atoms with Gasteiger partial charge in [0.05, 0.1) is 21.8 Å². The lowest BCUT2D eigenvalue weighted by Gasteiger charge is -2.06. The van der Waals surface area contributed by atoms with E-state index in [2.05, 4.69) is 21.7 Å². The van der Waals surface area contributed by atoms with Gasteiger partial charge in [-0.2, -0.15) is 0 Å². The van der Waals surface area contributed by atoms with Gasteiger partial charge >= 0.3 is 0 Å². The van der Waals surface area contributed by atoms with E-state index in [1.165, 1.54) is 16.8 Å². The number of aromatic nitrogens is 2. The Morgan fingerprint density at radius 1 is 1.10 bits per heavy atom. The molecule has 0 unspecified atom stereocenters. The average molecular weight is 413 g/mol. The fourth-order valence-corrected chi connectivity index (χ4v) is 4.05. The van der Waals surface area contributed by atoms with Crippen LogP contribution < -0.4 is 10.3 Å². The highest BCUT2D eigenvalue weighted by molar-refractivity contribution is 7.89. The molecule has 0 spiro atoms. The molecule has 7 nitrogen and oxygen atoms in total. The molecule has 0 saturated carbocycles. The number of hydrogen-bond acceptors (Lipinski definition) is 4. The van der Waals surface area contributed by atoms with Crippen LogP contribution >= 0.6 is 0 Å². The van der Waals surface area contributed by atoms with Crippen molar-refractivity contribution in [1.82, 2.24) is 14.5 Å². The van der Waals surface area contributed by atoms with E-state index in [0.29, 0.717) is 23.5 Å². The molecule has 1 heterocycles. The number of nitrogens with zero attached hydrogens (tertiary/aromatic N) is 2. The van der Waals surface area contributed by atoms with Crippen LogP contribution in [0.15, 0.2) is 63.2 Å². The second kappa shape index (κ2) is 8.59. The number of aromatic amines is 1. The molecule has 8 heteroatoms. The molecule has 0 saturated heterocycles. The number of para-hydroxylation sites is 1. The minimum Gasteiger partial charge on any atom is -0.295 e. The maximum Gasteiger partial charge on any atom is 0.280 e. The highest BCUT2D eigenvalue weighted by atomic mass is 32.2. The maximum atomic E-state index is 12.9. The Kier molecular flexibility index (Phi) is 6.14. The van der Waals surface area contributed by atoms with Gasteiger partial charge in [0.2, 0.25) is 10.0 Å². The van der Waals surface area contributed by atoms with E-state index in [1.807, 2.05) is 24.3 Å². The van der Waals surface area contributed by atoms with Crippen molar-refractivity contribution in [2.45, 2.75) is 32.1 Å². The van der Waals surface area contributed by atoms with Gasteiger partial charge in [-0.25, -0.2) is 17.8 Å². The van der Waals surface area contributed by atoms with Crippen molar-refractivity contribution in [3.63, 3.8) is 0 Å². The minimum atomic E-state index is -3.54. The number of hydrogen-bond donors (Lipinski definition) is 2. The van der Waals surface area contributed by atoms with E-state index in [4.69, 9.17) is 0 Å². The second-order valence-electron chi connectivity index (χ2n) is 6.53. The van der Waals surface area contributed by atoms with E-state index in [0.717, 1.165) is 17.7 Å². The zero-order valence-electron chi connectivity index (χ0n) is 16.6. The first-order valence-electron chi connectivity index (χ1n) is 9.41. The zero-order chi connectivity index (χ0) is 21.0. The van der Waals surface area contributed by atoms with Crippen LogP contribution in [0, 0.1) is 6.92 Å². The summed E-state index contributed by atoms with van der Waals surface area (Å²) in [6.45, 7) is 5.89. The quantitative estimate of drug-likeness (QED) is 0.584. The van der Waals surface area contributed by atoms with E-state index in [1.54, 1.807) is 32.2 Å². The van der Waals surface area contributed by atoms with Crippen molar-refractivity contribution in [1.29, 1.82) is 0 Å². The normalized spacial score (nSPS) is 12.0. The maximum absolute atomic E-state index is 12.9. The number of aliphatic imine (C=N–C) groups is 1. The lowest BCUT2D eigenvalue weighted by atomic mass is 10.1. The highest BCUT2D eigenvalue weighted by Gasteiger charge is 2.14. The van der Waals surface area contributed by atoms with E-state index >= 15 is 0 Å². The Balaban J connectivity index is 1.94. The molecular weight excluding hydrogens is 388 g/mol. The van der Waals surface area contributed by atoms with Gasteiger partial charge in [-0.3, -0.25) is 14.9 Å². The summed E-state index contributed by atoms with van der Waals surface area (Å²) in [6.07, 6.45) is 2.43. The van der Waals surface area contributed by atoms with E-state index in [-0.39, 0.29) is 10.5 Å². The summed E-state index contributed by atoms with van der Waals surface area (Å²) in [5.74, 6) is 0. The van der Waals surface area contributed by atoms with Crippen LogP contribution in [-0.4, -0.2) is 31.0 Å². The molecule has 0 fully saturated rings. The Morgan fingerprint density at radius 2 is 1.79 bits per heavy atom. The predicted octanol–water partition coefficient (Wildman–Crippen LogP) is 3.09. The smallest absolute Gasteiger partial charge is 0.280 e. The van der Waals surface area contributed by atoms with Crippen molar-refractivity contribution in [2.75, 3.05) is 6.54 Å². The molecule has 0 amide bonds. The summed E-state index contributed by atoms with van der Waals surface area (Å²) in [4.78, 5) is 17.5. The zero-order valence-corrected chi connectivity index (χ0v) is 17.5. The van der Waals surface area contributed by atoms with Crippen LogP contribution in [0.25, 0.3) is 5.69 Å². The van der Waals surface area contributed by atoms with Crippen molar-refractivity contribution < 1.29 is 8.42 Å². The second-order valence-corrected chi connectivity index (χ2v) is 8.29. The van der Waals surface area contributed by atoms with E-state index < -0.39 is 10.0 Å². The molecule has 0 aliphatic rings. The van der Waals surface area contributed by atoms with Crippen molar-refractivity contribution in [3.8, 4) is 5.69 Å². The van der Waals surface area contributed by atoms with Crippen molar-refractivity contribution >= 4 is 21.9 Å². The van der Waals surface area contributed by atoms with Gasteiger partial charge in [-0.15, -0.1) is 0 Å². The molecule has 0 aliphatic carbocycles. The van der Waals surface area contributed by atoms with Gasteiger partial charge in [-0.05, 0) is 49.2 Å². The first kappa shape index (κ1) is 20.8. The standard InChI is InChI=1S/C21H24N4O3S/c1-4-16-8-6-7-9-20(16)22-14-19-15(3)24-25(21(19)26)17-10-12-18(13-11-17)29(27,28)23-5-2/h6-14,23-24H,4-5H2,1-3H3. The van der Waals surface area contributed by atoms with Gasteiger partial charge in [0.1, 0.15) is 0 Å². The highest BCUT2D eigenvalue weighted by Crippen LogP contribution is 2.19. The van der Waals surface area contributed by atoms with Crippen LogP contribution in [0.4, 0.5) is 5.69 Å². The van der Waals surface area contributed by atoms with Crippen molar-refractivity contribution in [3.05, 3.63) is 75.7 Å². The summed E-state index contributed by atoms with van der Waals surface area (Å²) in [7, 11) is -3.54. The van der Waals surface area contributed by atoms with Gasteiger partial charge in [-0.1, -0.05) is 32.0 Å². The molecule has 29 heavy (non-hydrogen) atoms. The molecule has 152 valence electrons. The van der Waals surface area contributed by atoms with Crippen LogP contribution in [0.1, 0.15) is 30.7 Å². The third kappa shape index (κ3) is 4.38. The lowest BCUT2D eigenvalue weighted by Crippen LogP contribution is -2.23.